The van der Waals surface area contributed by atoms with Crippen LogP contribution >= 0.6 is 0 Å². The summed E-state index contributed by atoms with van der Waals surface area (Å²) >= 11 is 0. The second-order valence-corrected chi connectivity index (χ2v) is 6.34. The molecule has 0 saturated carbocycles. The van der Waals surface area contributed by atoms with Crippen LogP contribution in [0.1, 0.15) is 34.8 Å². The normalized spacial score (nSPS) is 23.8. The lowest BCUT2D eigenvalue weighted by atomic mass is 9.97. The van der Waals surface area contributed by atoms with Crippen molar-refractivity contribution in [1.29, 1.82) is 0 Å². The fraction of sp³-hybridized carbons (Fsp3) is 0.368. The van der Waals surface area contributed by atoms with E-state index in [1.165, 1.54) is 28.8 Å². The van der Waals surface area contributed by atoms with Crippen molar-refractivity contribution in [2.45, 2.75) is 38.3 Å². The van der Waals surface area contributed by atoms with Crippen LogP contribution in [0, 0.1) is 6.92 Å². The largest absolute Gasteiger partial charge is 0.386 e. The zero-order valence-corrected chi connectivity index (χ0v) is 12.4. The minimum atomic E-state index is -0.367. The van der Waals surface area contributed by atoms with E-state index in [-0.39, 0.29) is 12.1 Å². The summed E-state index contributed by atoms with van der Waals surface area (Å²) in [4.78, 5) is 2.43. The van der Waals surface area contributed by atoms with Gasteiger partial charge in [-0.3, -0.25) is 0 Å². The second-order valence-electron chi connectivity index (χ2n) is 6.34. The average molecular weight is 279 g/mol. The van der Waals surface area contributed by atoms with Crippen molar-refractivity contribution in [3.8, 4) is 0 Å². The van der Waals surface area contributed by atoms with Gasteiger partial charge in [0.2, 0.25) is 0 Å². The van der Waals surface area contributed by atoms with Crippen LogP contribution in [0.15, 0.2) is 42.5 Å². The van der Waals surface area contributed by atoms with Crippen LogP contribution in [0.25, 0.3) is 0 Å². The molecule has 4 rings (SSSR count). The lowest BCUT2D eigenvalue weighted by molar-refractivity contribution is 0.154. The number of rotatable bonds is 1. The highest BCUT2D eigenvalue weighted by Crippen LogP contribution is 2.39. The van der Waals surface area contributed by atoms with Gasteiger partial charge in [-0.1, -0.05) is 42.0 Å². The highest BCUT2D eigenvalue weighted by molar-refractivity contribution is 5.59. The Morgan fingerprint density at radius 3 is 2.81 bits per heavy atom. The van der Waals surface area contributed by atoms with Crippen molar-refractivity contribution in [1.82, 2.24) is 0 Å². The molecular weight excluding hydrogens is 258 g/mol. The van der Waals surface area contributed by atoms with Crippen molar-refractivity contribution < 1.29 is 5.11 Å². The Hall–Kier alpha value is -1.80. The smallest absolute Gasteiger partial charge is 0.0999 e. The van der Waals surface area contributed by atoms with Crippen LogP contribution in [0.4, 0.5) is 5.69 Å². The minimum absolute atomic E-state index is 0.184. The predicted octanol–water partition coefficient (Wildman–Crippen LogP) is 3.41. The lowest BCUT2D eigenvalue weighted by Gasteiger charge is -2.38. The van der Waals surface area contributed by atoms with Crippen molar-refractivity contribution in [2.75, 3.05) is 11.4 Å². The molecule has 2 aliphatic rings. The van der Waals surface area contributed by atoms with Gasteiger partial charge < -0.3 is 10.0 Å². The Bertz CT molecular complexity index is 679. The standard InChI is InChI=1S/C19H21NO/c1-13-8-9-17-15(11-13)6-4-10-20(17)18-12-14-5-2-3-7-16(14)19(18)21/h2-3,5,7-9,11,18-19,21H,4,6,10,12H2,1H3. The number of hydrogen-bond donors (Lipinski definition) is 1. The maximum Gasteiger partial charge on any atom is 0.0999 e. The van der Waals surface area contributed by atoms with E-state index in [1.807, 2.05) is 6.07 Å². The van der Waals surface area contributed by atoms with Crippen LogP contribution in [0.5, 0.6) is 0 Å². The van der Waals surface area contributed by atoms with Crippen molar-refractivity contribution >= 4 is 5.69 Å². The molecule has 0 fully saturated rings. The Labute approximate surface area is 126 Å². The van der Waals surface area contributed by atoms with Gasteiger partial charge in [0.1, 0.15) is 0 Å². The maximum atomic E-state index is 10.7. The van der Waals surface area contributed by atoms with E-state index in [0.29, 0.717) is 0 Å². The maximum absolute atomic E-state index is 10.7. The molecule has 2 aromatic carbocycles. The summed E-state index contributed by atoms with van der Waals surface area (Å²) in [5.41, 5.74) is 6.50. The summed E-state index contributed by atoms with van der Waals surface area (Å²) in [6.45, 7) is 3.20. The Kier molecular flexibility index (Phi) is 3.00. The molecule has 0 aromatic heterocycles. The number of fused-ring (bicyclic) bond motifs is 2. The highest BCUT2D eigenvalue weighted by atomic mass is 16.3. The Balaban J connectivity index is 1.71. The number of aliphatic hydroxyl groups excluding tert-OH is 1. The van der Waals surface area contributed by atoms with E-state index in [0.717, 1.165) is 24.9 Å². The van der Waals surface area contributed by atoms with E-state index in [1.54, 1.807) is 0 Å². The molecule has 0 spiro atoms. The third-order valence-electron chi connectivity index (χ3n) is 4.96. The van der Waals surface area contributed by atoms with Crippen LogP contribution in [-0.4, -0.2) is 17.7 Å². The first kappa shape index (κ1) is 12.9. The summed E-state index contributed by atoms with van der Waals surface area (Å²) in [6, 6.07) is 15.2. The molecule has 2 atom stereocenters. The zero-order chi connectivity index (χ0) is 14.4. The summed E-state index contributed by atoms with van der Waals surface area (Å²) in [5, 5.41) is 10.7. The monoisotopic (exact) mass is 279 g/mol. The van der Waals surface area contributed by atoms with E-state index in [2.05, 4.69) is 48.2 Å². The molecule has 1 heterocycles. The fourth-order valence-corrected chi connectivity index (χ4v) is 3.93. The average Bonchev–Trinajstić information content (AvgIpc) is 2.84. The third-order valence-corrected chi connectivity index (χ3v) is 4.96. The first-order valence-corrected chi connectivity index (χ1v) is 7.86. The van der Waals surface area contributed by atoms with Gasteiger partial charge in [0.25, 0.3) is 0 Å². The topological polar surface area (TPSA) is 23.5 Å². The highest BCUT2D eigenvalue weighted by Gasteiger charge is 2.36. The van der Waals surface area contributed by atoms with Crippen LogP contribution in [-0.2, 0) is 12.8 Å². The molecule has 0 bridgehead atoms. The van der Waals surface area contributed by atoms with Gasteiger partial charge in [0, 0.05) is 12.2 Å². The van der Waals surface area contributed by atoms with E-state index in [9.17, 15) is 5.11 Å². The Morgan fingerprint density at radius 1 is 1.10 bits per heavy atom. The molecule has 21 heavy (non-hydrogen) atoms. The predicted molar refractivity (Wildman–Crippen MR) is 85.7 cm³/mol. The lowest BCUT2D eigenvalue weighted by Crippen LogP contribution is -2.41. The number of aryl methyl sites for hydroxylation is 2. The molecule has 2 unspecified atom stereocenters. The minimum Gasteiger partial charge on any atom is -0.386 e. The quantitative estimate of drug-likeness (QED) is 0.864. The summed E-state index contributed by atoms with van der Waals surface area (Å²) in [6.07, 6.45) is 2.91. The van der Waals surface area contributed by atoms with Crippen LogP contribution < -0.4 is 4.90 Å². The van der Waals surface area contributed by atoms with E-state index in [4.69, 9.17) is 0 Å². The molecule has 1 N–H and O–H groups in total. The number of benzene rings is 2. The number of nitrogens with zero attached hydrogens (tertiary/aromatic N) is 1. The Morgan fingerprint density at radius 2 is 1.95 bits per heavy atom. The third kappa shape index (κ3) is 2.06. The molecule has 2 heteroatoms. The molecular formula is C19H21NO. The second kappa shape index (κ2) is 4.88. The molecule has 0 radical (unpaired) electrons. The first-order valence-electron chi connectivity index (χ1n) is 7.86. The fourth-order valence-electron chi connectivity index (χ4n) is 3.93. The van der Waals surface area contributed by atoms with E-state index < -0.39 is 0 Å². The molecule has 0 amide bonds. The molecule has 2 nitrogen and oxygen atoms in total. The van der Waals surface area contributed by atoms with Gasteiger partial charge in [-0.2, -0.15) is 0 Å². The van der Waals surface area contributed by atoms with Crippen molar-refractivity contribution in [3.05, 3.63) is 64.7 Å². The van der Waals surface area contributed by atoms with Gasteiger partial charge in [-0.05, 0) is 48.9 Å². The van der Waals surface area contributed by atoms with Gasteiger partial charge in [0.05, 0.1) is 12.1 Å². The number of anilines is 1. The summed E-state index contributed by atoms with van der Waals surface area (Å²) in [5.74, 6) is 0. The van der Waals surface area contributed by atoms with Crippen molar-refractivity contribution in [3.63, 3.8) is 0 Å². The van der Waals surface area contributed by atoms with Crippen molar-refractivity contribution in [2.24, 2.45) is 0 Å². The van der Waals surface area contributed by atoms with Gasteiger partial charge in [-0.25, -0.2) is 0 Å². The number of aliphatic hydroxyl groups is 1. The number of hydrogen-bond acceptors (Lipinski definition) is 2. The molecule has 1 aliphatic carbocycles. The molecule has 1 aliphatic heterocycles. The van der Waals surface area contributed by atoms with Crippen LogP contribution in [0.2, 0.25) is 0 Å². The summed E-state index contributed by atoms with van der Waals surface area (Å²) in [7, 11) is 0. The van der Waals surface area contributed by atoms with Gasteiger partial charge in [-0.15, -0.1) is 0 Å². The summed E-state index contributed by atoms with van der Waals surface area (Å²) < 4.78 is 0. The van der Waals surface area contributed by atoms with Gasteiger partial charge in [0.15, 0.2) is 0 Å². The van der Waals surface area contributed by atoms with Crippen LogP contribution in [0.3, 0.4) is 0 Å². The SMILES string of the molecule is Cc1ccc2c(c1)CCCN2C1Cc2ccccc2C1O. The molecule has 0 saturated heterocycles. The zero-order valence-electron chi connectivity index (χ0n) is 12.4. The molecule has 2 aromatic rings. The van der Waals surface area contributed by atoms with Gasteiger partial charge >= 0.3 is 0 Å². The first-order chi connectivity index (χ1) is 10.2. The molecule has 108 valence electrons. The van der Waals surface area contributed by atoms with E-state index >= 15 is 0 Å².